The zero-order valence-corrected chi connectivity index (χ0v) is 26.7. The molecule has 0 radical (unpaired) electrons. The van der Waals surface area contributed by atoms with E-state index in [9.17, 15) is 24.2 Å². The van der Waals surface area contributed by atoms with E-state index in [1.807, 2.05) is 72.8 Å². The quantitative estimate of drug-likeness (QED) is 0.261. The summed E-state index contributed by atoms with van der Waals surface area (Å²) >= 11 is 0. The summed E-state index contributed by atoms with van der Waals surface area (Å²) in [4.78, 5) is 39.9. The molecule has 2 aliphatic heterocycles. The fourth-order valence-corrected chi connectivity index (χ4v) is 7.41. The molecule has 3 aromatic carbocycles. The minimum Gasteiger partial charge on any atom is -0.442 e. The van der Waals surface area contributed by atoms with E-state index in [4.69, 9.17) is 18.3 Å². The predicted octanol–water partition coefficient (Wildman–Crippen LogP) is 4.56. The molecular formula is C34H35N4O8P. The highest BCUT2D eigenvalue weighted by atomic mass is 31.2. The smallest absolute Gasteiger partial charge is 0.442 e. The maximum atomic E-state index is 13.6. The summed E-state index contributed by atoms with van der Waals surface area (Å²) in [5, 5.41) is 12.9. The number of anilines is 1. The van der Waals surface area contributed by atoms with Crippen molar-refractivity contribution in [2.45, 2.75) is 31.7 Å². The van der Waals surface area contributed by atoms with Gasteiger partial charge in [0.25, 0.3) is 0 Å². The number of nitriles is 1. The van der Waals surface area contributed by atoms with Crippen molar-refractivity contribution in [1.82, 2.24) is 10.2 Å². The Balaban J connectivity index is 1.04. The van der Waals surface area contributed by atoms with Crippen LogP contribution in [0.15, 0.2) is 84.9 Å². The van der Waals surface area contributed by atoms with Crippen molar-refractivity contribution >= 4 is 31.4 Å². The summed E-state index contributed by atoms with van der Waals surface area (Å²) in [6.07, 6.45) is -0.949. The van der Waals surface area contributed by atoms with Crippen molar-refractivity contribution in [3.8, 4) is 6.07 Å². The second kappa shape index (κ2) is 13.7. The molecule has 1 unspecified atom stereocenters. The number of phosphoric ester groups is 1. The Morgan fingerprint density at radius 2 is 1.49 bits per heavy atom. The number of phosphoric acid groups is 1. The third-order valence-corrected chi connectivity index (χ3v) is 10.2. The van der Waals surface area contributed by atoms with E-state index >= 15 is 0 Å². The lowest BCUT2D eigenvalue weighted by atomic mass is 9.91. The van der Waals surface area contributed by atoms with Gasteiger partial charge in [-0.2, -0.15) is 5.26 Å². The highest BCUT2D eigenvalue weighted by Gasteiger charge is 2.70. The highest BCUT2D eigenvalue weighted by molar-refractivity contribution is 7.48. The summed E-state index contributed by atoms with van der Waals surface area (Å²) in [7, 11) is -4.11. The van der Waals surface area contributed by atoms with E-state index in [0.29, 0.717) is 25.3 Å². The first kappa shape index (κ1) is 32.4. The second-order valence-corrected chi connectivity index (χ2v) is 13.5. The van der Waals surface area contributed by atoms with Crippen LogP contribution in [0.1, 0.15) is 23.6 Å². The summed E-state index contributed by atoms with van der Waals surface area (Å²) in [6.45, 7) is 2.10. The summed E-state index contributed by atoms with van der Waals surface area (Å²) in [5.41, 5.74) is 2.25. The molecule has 6 rings (SSSR count). The van der Waals surface area contributed by atoms with Gasteiger partial charge in [-0.15, -0.1) is 0 Å². The van der Waals surface area contributed by atoms with Gasteiger partial charge < -0.3 is 15.0 Å². The number of amides is 3. The van der Waals surface area contributed by atoms with E-state index in [-0.39, 0.29) is 43.4 Å². The summed E-state index contributed by atoms with van der Waals surface area (Å²) in [5.74, 6) is -0.713. The second-order valence-electron chi connectivity index (χ2n) is 11.8. The first-order valence-electron chi connectivity index (χ1n) is 15.3. The average Bonchev–Trinajstić information content (AvgIpc) is 3.34. The van der Waals surface area contributed by atoms with Gasteiger partial charge in [0.05, 0.1) is 37.8 Å². The molecule has 3 amide bonds. The van der Waals surface area contributed by atoms with Crippen LogP contribution in [0.5, 0.6) is 0 Å². The number of nitrogens with zero attached hydrogens (tertiary/aromatic N) is 3. The number of hydrogen-bond acceptors (Lipinski definition) is 9. The Kier molecular flexibility index (Phi) is 9.43. The lowest BCUT2D eigenvalue weighted by molar-refractivity contribution is -0.133. The Hall–Kier alpha value is -4.53. The molecule has 12 nitrogen and oxygen atoms in total. The average molecular weight is 659 g/mol. The van der Waals surface area contributed by atoms with Gasteiger partial charge >= 0.3 is 13.9 Å². The summed E-state index contributed by atoms with van der Waals surface area (Å²) < 4.78 is 35.7. The van der Waals surface area contributed by atoms with Crippen molar-refractivity contribution in [3.63, 3.8) is 0 Å². The minimum absolute atomic E-state index is 0.0188. The van der Waals surface area contributed by atoms with Gasteiger partial charge in [0.1, 0.15) is 12.7 Å². The Morgan fingerprint density at radius 1 is 0.915 bits per heavy atom. The van der Waals surface area contributed by atoms with Crippen molar-refractivity contribution < 1.29 is 37.3 Å². The number of nitrogens with one attached hydrogen (secondary N) is 1. The van der Waals surface area contributed by atoms with Crippen LogP contribution in [0.3, 0.4) is 0 Å². The molecule has 0 spiro atoms. The van der Waals surface area contributed by atoms with Crippen molar-refractivity contribution in [1.29, 1.82) is 5.26 Å². The van der Waals surface area contributed by atoms with Crippen molar-refractivity contribution in [2.24, 2.45) is 11.8 Å². The van der Waals surface area contributed by atoms with Crippen LogP contribution in [-0.2, 0) is 51.1 Å². The van der Waals surface area contributed by atoms with Crippen molar-refractivity contribution in [2.75, 3.05) is 37.7 Å². The maximum absolute atomic E-state index is 13.6. The monoisotopic (exact) mass is 658 g/mol. The third-order valence-electron chi connectivity index (χ3n) is 8.84. The minimum atomic E-state index is -4.11. The molecule has 2 heterocycles. The molecule has 0 bridgehead atoms. The number of ether oxygens (including phenoxy) is 1. The normalized spacial score (nSPS) is 23.1. The van der Waals surface area contributed by atoms with Gasteiger partial charge in [0.15, 0.2) is 0 Å². The molecule has 4 atom stereocenters. The van der Waals surface area contributed by atoms with Gasteiger partial charge in [-0.1, -0.05) is 72.8 Å². The lowest BCUT2D eigenvalue weighted by Gasteiger charge is -2.24. The van der Waals surface area contributed by atoms with E-state index in [2.05, 4.69) is 11.4 Å². The molecule has 1 saturated carbocycles. The van der Waals surface area contributed by atoms with E-state index in [1.165, 1.54) is 11.8 Å². The predicted molar refractivity (Wildman–Crippen MR) is 170 cm³/mol. The molecule has 47 heavy (non-hydrogen) atoms. The molecule has 244 valence electrons. The number of benzene rings is 3. The van der Waals surface area contributed by atoms with E-state index in [0.717, 1.165) is 16.7 Å². The van der Waals surface area contributed by atoms with Crippen LogP contribution in [0.25, 0.3) is 0 Å². The Labute approximate surface area is 272 Å². The Bertz CT molecular complexity index is 1640. The SMILES string of the molecule is CC(=O)NC[C@H]1CN(c2ccc(C3(C#N)[C@@H]4CN(C(=O)COP(=O)(OCc5ccccc5)OCc5ccccc5)C[C@@H]43)cc2)C(=O)O1. The van der Waals surface area contributed by atoms with E-state index < -0.39 is 32.0 Å². The number of likely N-dealkylation sites (tertiary alicyclic amines) is 1. The van der Waals surface area contributed by atoms with Gasteiger partial charge in [0.2, 0.25) is 11.8 Å². The zero-order valence-electron chi connectivity index (χ0n) is 25.8. The molecule has 3 fully saturated rings. The van der Waals surface area contributed by atoms with Crippen LogP contribution in [0, 0.1) is 23.2 Å². The first-order valence-corrected chi connectivity index (χ1v) is 16.8. The topological polar surface area (TPSA) is 148 Å². The lowest BCUT2D eigenvalue weighted by Crippen LogP contribution is -2.37. The largest absolute Gasteiger partial charge is 0.475 e. The van der Waals surface area contributed by atoms with Crippen LogP contribution in [-0.4, -0.2) is 61.7 Å². The number of rotatable bonds is 13. The van der Waals surface area contributed by atoms with Gasteiger partial charge in [0, 0.05) is 37.5 Å². The molecule has 2 saturated heterocycles. The molecule has 1 aliphatic carbocycles. The molecule has 1 N–H and O–H groups in total. The van der Waals surface area contributed by atoms with E-state index in [1.54, 1.807) is 17.0 Å². The maximum Gasteiger partial charge on any atom is 0.475 e. The molecule has 0 aromatic heterocycles. The van der Waals surface area contributed by atoms with Crippen LogP contribution in [0.2, 0.25) is 0 Å². The molecule has 3 aliphatic rings. The Morgan fingerprint density at radius 3 is 2.02 bits per heavy atom. The summed E-state index contributed by atoms with van der Waals surface area (Å²) in [6, 6.07) is 28.1. The van der Waals surface area contributed by atoms with Crippen LogP contribution >= 0.6 is 7.82 Å². The van der Waals surface area contributed by atoms with Gasteiger partial charge in [-0.25, -0.2) is 9.36 Å². The number of fused-ring (bicyclic) bond motifs is 1. The molecular weight excluding hydrogens is 623 g/mol. The zero-order chi connectivity index (χ0) is 33.0. The first-order chi connectivity index (χ1) is 22.7. The highest BCUT2D eigenvalue weighted by Crippen LogP contribution is 2.63. The standard InChI is InChI=1S/C34H35N4O8P/c1-24(39)36-16-29-17-38(33(41)46-29)28-14-12-27(13-15-28)34(23-35)30-18-37(19-31(30)34)32(40)22-45-47(42,43-20-25-8-4-2-5-9-25)44-21-26-10-6-3-7-11-26/h2-15,29-31H,16-22H2,1H3,(H,36,39)/t29-,30-,31+,34?/m0/s1. The number of carbonyl (C=O) groups is 3. The molecule has 13 heteroatoms. The van der Waals surface area contributed by atoms with Gasteiger partial charge in [-0.3, -0.25) is 28.1 Å². The van der Waals surface area contributed by atoms with Gasteiger partial charge in [-0.05, 0) is 28.8 Å². The number of piperidine rings is 1. The number of cyclic esters (lactones) is 1. The van der Waals surface area contributed by atoms with Crippen LogP contribution < -0.4 is 10.2 Å². The third kappa shape index (κ3) is 7.09. The fraction of sp³-hybridized carbons (Fsp3) is 0.353. The number of carbonyl (C=O) groups excluding carboxylic acids is 3. The van der Waals surface area contributed by atoms with Crippen molar-refractivity contribution in [3.05, 3.63) is 102 Å². The number of hydrogen-bond donors (Lipinski definition) is 1. The van der Waals surface area contributed by atoms with Crippen LogP contribution in [0.4, 0.5) is 10.5 Å². The fourth-order valence-electron chi connectivity index (χ4n) is 6.30. The molecule has 3 aromatic rings.